The summed E-state index contributed by atoms with van der Waals surface area (Å²) in [6.07, 6.45) is 1.46. The molecule has 154 valence electrons. The summed E-state index contributed by atoms with van der Waals surface area (Å²) < 4.78 is 20.8. The topological polar surface area (TPSA) is 61.2 Å². The Kier molecular flexibility index (Phi) is 5.84. The van der Waals surface area contributed by atoms with Gasteiger partial charge in [-0.05, 0) is 54.6 Å². The third-order valence-electron chi connectivity index (χ3n) is 4.42. The van der Waals surface area contributed by atoms with Gasteiger partial charge in [0.15, 0.2) is 0 Å². The largest absolute Gasteiger partial charge is 0.422 e. The first-order valence-corrected chi connectivity index (χ1v) is 9.80. The molecule has 0 radical (unpaired) electrons. The minimum Gasteiger partial charge on any atom is -0.422 e. The third-order valence-corrected chi connectivity index (χ3v) is 5.16. The summed E-state index contributed by atoms with van der Waals surface area (Å²) >= 11 is 11.8. The number of halogens is 3. The van der Waals surface area contributed by atoms with Crippen molar-refractivity contribution in [2.45, 2.75) is 0 Å². The molecule has 1 aromatic heterocycles. The van der Waals surface area contributed by atoms with Gasteiger partial charge < -0.3 is 4.74 Å². The highest BCUT2D eigenvalue weighted by Crippen LogP contribution is 2.27. The maximum Gasteiger partial charge on any atom is 0.343 e. The van der Waals surface area contributed by atoms with E-state index in [-0.39, 0.29) is 32.6 Å². The van der Waals surface area contributed by atoms with Gasteiger partial charge in [-0.2, -0.15) is 5.10 Å². The molecule has 0 unspecified atom stereocenters. The highest BCUT2D eigenvalue weighted by molar-refractivity contribution is 6.42. The second-order valence-electron chi connectivity index (χ2n) is 6.45. The third kappa shape index (κ3) is 4.35. The Morgan fingerprint density at radius 1 is 0.903 bits per heavy atom. The van der Waals surface area contributed by atoms with Crippen LogP contribution in [0.15, 0.2) is 79.0 Å². The maximum atomic E-state index is 14.0. The zero-order chi connectivity index (χ0) is 22.0. The lowest BCUT2D eigenvalue weighted by Gasteiger charge is -2.11. The zero-order valence-electron chi connectivity index (χ0n) is 15.8. The average Bonchev–Trinajstić information content (AvgIpc) is 3.27. The molecule has 0 aliphatic rings. The molecule has 0 aliphatic heterocycles. The first kappa shape index (κ1) is 20.8. The average molecular weight is 455 g/mol. The van der Waals surface area contributed by atoms with Crippen molar-refractivity contribution >= 4 is 35.0 Å². The van der Waals surface area contributed by atoms with Crippen molar-refractivity contribution in [2.24, 2.45) is 0 Å². The number of rotatable bonds is 5. The Morgan fingerprint density at radius 3 is 2.42 bits per heavy atom. The van der Waals surface area contributed by atoms with Crippen LogP contribution in [0.4, 0.5) is 4.39 Å². The van der Waals surface area contributed by atoms with Crippen LogP contribution in [0, 0.1) is 5.82 Å². The predicted molar refractivity (Wildman–Crippen MR) is 115 cm³/mol. The number of ether oxygens (including phenoxy) is 1. The molecule has 8 heteroatoms. The van der Waals surface area contributed by atoms with E-state index in [0.29, 0.717) is 5.69 Å². The molecule has 5 nitrogen and oxygen atoms in total. The first-order chi connectivity index (χ1) is 14.9. The van der Waals surface area contributed by atoms with E-state index in [0.717, 1.165) is 12.1 Å². The van der Waals surface area contributed by atoms with Crippen molar-refractivity contribution in [3.63, 3.8) is 0 Å². The minimum atomic E-state index is -0.768. The van der Waals surface area contributed by atoms with E-state index < -0.39 is 17.6 Å². The van der Waals surface area contributed by atoms with Gasteiger partial charge >= 0.3 is 5.97 Å². The number of aromatic nitrogens is 2. The van der Waals surface area contributed by atoms with Gasteiger partial charge in [-0.25, -0.2) is 13.9 Å². The molecule has 0 N–H and O–H groups in total. The smallest absolute Gasteiger partial charge is 0.343 e. The van der Waals surface area contributed by atoms with Crippen molar-refractivity contribution in [1.29, 1.82) is 0 Å². The molecular formula is C23H13Cl2FN2O3. The number of nitrogens with zero attached hydrogens (tertiary/aromatic N) is 2. The molecule has 0 spiro atoms. The van der Waals surface area contributed by atoms with Gasteiger partial charge in [-0.3, -0.25) is 4.79 Å². The second kappa shape index (κ2) is 8.71. The summed E-state index contributed by atoms with van der Waals surface area (Å²) in [6, 6.07) is 18.1. The summed E-state index contributed by atoms with van der Waals surface area (Å²) in [5.74, 6) is -2.07. The van der Waals surface area contributed by atoms with Crippen LogP contribution in [-0.4, -0.2) is 21.5 Å². The minimum absolute atomic E-state index is 0.0942. The van der Waals surface area contributed by atoms with Gasteiger partial charge in [0.1, 0.15) is 17.3 Å². The highest BCUT2D eigenvalue weighted by Gasteiger charge is 2.22. The zero-order valence-corrected chi connectivity index (χ0v) is 17.3. The van der Waals surface area contributed by atoms with E-state index in [1.165, 1.54) is 41.2 Å². The Hall–Kier alpha value is -3.48. The molecule has 0 atom stereocenters. The highest BCUT2D eigenvalue weighted by atomic mass is 35.5. The van der Waals surface area contributed by atoms with E-state index in [9.17, 15) is 14.0 Å². The van der Waals surface area contributed by atoms with Crippen molar-refractivity contribution in [1.82, 2.24) is 9.78 Å². The van der Waals surface area contributed by atoms with Crippen LogP contribution in [0.3, 0.4) is 0 Å². The Balaban J connectivity index is 1.70. The molecule has 0 saturated carbocycles. The van der Waals surface area contributed by atoms with Crippen LogP contribution >= 0.6 is 23.2 Å². The van der Waals surface area contributed by atoms with Gasteiger partial charge in [-0.15, -0.1) is 0 Å². The van der Waals surface area contributed by atoms with Crippen molar-refractivity contribution < 1.29 is 18.7 Å². The van der Waals surface area contributed by atoms with E-state index in [1.54, 1.807) is 24.3 Å². The SMILES string of the molecule is O=C(Oc1ccc(F)cc1C(=O)c1ccnn1-c1ccccc1)c1ccc(Cl)c(Cl)c1. The maximum absolute atomic E-state index is 14.0. The monoisotopic (exact) mass is 454 g/mol. The lowest BCUT2D eigenvalue weighted by Crippen LogP contribution is -2.15. The fourth-order valence-electron chi connectivity index (χ4n) is 2.94. The van der Waals surface area contributed by atoms with Gasteiger partial charge in [-0.1, -0.05) is 41.4 Å². The van der Waals surface area contributed by atoms with Crippen LogP contribution < -0.4 is 4.74 Å². The van der Waals surface area contributed by atoms with Crippen molar-refractivity contribution in [2.75, 3.05) is 0 Å². The molecule has 4 rings (SSSR count). The molecular weight excluding hydrogens is 442 g/mol. The van der Waals surface area contributed by atoms with Crippen molar-refractivity contribution in [3.8, 4) is 11.4 Å². The normalized spacial score (nSPS) is 10.7. The fraction of sp³-hybridized carbons (Fsp3) is 0. The summed E-state index contributed by atoms with van der Waals surface area (Å²) in [5, 5.41) is 4.64. The van der Waals surface area contributed by atoms with E-state index >= 15 is 0 Å². The van der Waals surface area contributed by atoms with Crippen LogP contribution in [0.1, 0.15) is 26.4 Å². The number of para-hydroxylation sites is 1. The number of ketones is 1. The van der Waals surface area contributed by atoms with Gasteiger partial charge in [0.25, 0.3) is 0 Å². The molecule has 0 aliphatic carbocycles. The number of hydrogen-bond acceptors (Lipinski definition) is 4. The quantitative estimate of drug-likeness (QED) is 0.218. The first-order valence-electron chi connectivity index (χ1n) is 9.05. The Bertz CT molecular complexity index is 1290. The standard InChI is InChI=1S/C23H13Cl2FN2O3/c24-18-8-6-14(12-19(18)25)23(30)31-21-9-7-15(26)13-17(21)22(29)20-10-11-27-28(20)16-4-2-1-3-5-16/h1-13H. The van der Waals surface area contributed by atoms with Crippen LogP contribution in [0.5, 0.6) is 5.75 Å². The summed E-state index contributed by atoms with van der Waals surface area (Å²) in [4.78, 5) is 25.8. The molecule has 3 aromatic carbocycles. The number of carbonyl (C=O) groups excluding carboxylic acids is 2. The van der Waals surface area contributed by atoms with Crippen LogP contribution in [0.2, 0.25) is 10.0 Å². The van der Waals surface area contributed by atoms with Crippen molar-refractivity contribution in [3.05, 3.63) is 112 Å². The van der Waals surface area contributed by atoms with Gasteiger partial charge in [0.05, 0.1) is 33.1 Å². The van der Waals surface area contributed by atoms with E-state index in [4.69, 9.17) is 27.9 Å². The molecule has 31 heavy (non-hydrogen) atoms. The summed E-state index contributed by atoms with van der Waals surface area (Å²) in [6.45, 7) is 0. The Labute approximate surface area is 186 Å². The fourth-order valence-corrected chi connectivity index (χ4v) is 3.24. The molecule has 0 bridgehead atoms. The summed E-state index contributed by atoms with van der Waals surface area (Å²) in [5.41, 5.74) is 0.850. The van der Waals surface area contributed by atoms with Crippen LogP contribution in [0.25, 0.3) is 5.69 Å². The molecule has 0 saturated heterocycles. The summed E-state index contributed by atoms with van der Waals surface area (Å²) in [7, 11) is 0. The predicted octanol–water partition coefficient (Wildman–Crippen LogP) is 5.77. The second-order valence-corrected chi connectivity index (χ2v) is 7.27. The number of hydrogen-bond donors (Lipinski definition) is 0. The molecule has 4 aromatic rings. The molecule has 0 amide bonds. The number of benzene rings is 3. The lowest BCUT2D eigenvalue weighted by molar-refractivity contribution is 0.0732. The number of esters is 1. The molecule has 1 heterocycles. The lowest BCUT2D eigenvalue weighted by atomic mass is 10.1. The van der Waals surface area contributed by atoms with Gasteiger partial charge in [0, 0.05) is 0 Å². The number of carbonyl (C=O) groups is 2. The van der Waals surface area contributed by atoms with Gasteiger partial charge in [0.2, 0.25) is 5.78 Å². The van der Waals surface area contributed by atoms with Crippen LogP contribution in [-0.2, 0) is 0 Å². The Morgan fingerprint density at radius 2 is 1.68 bits per heavy atom. The van der Waals surface area contributed by atoms with E-state index in [1.807, 2.05) is 6.07 Å². The molecule has 0 fully saturated rings. The van der Waals surface area contributed by atoms with E-state index in [2.05, 4.69) is 5.10 Å².